The standard InChI is InChI=1S/C18H23FN4O/c19-13-3-4-15-16(12-13)21-17(20-15)7-11-22-9-5-14(6-10-22)23-8-1-2-18(23)24/h3-4,12,14H,1-2,5-11H2,(H,20,21). The molecule has 0 radical (unpaired) electrons. The number of benzene rings is 1. The third-order valence-corrected chi connectivity index (χ3v) is 5.27. The molecule has 2 saturated heterocycles. The summed E-state index contributed by atoms with van der Waals surface area (Å²) in [5, 5.41) is 0. The lowest BCUT2D eigenvalue weighted by Gasteiger charge is -2.36. The maximum atomic E-state index is 13.2. The zero-order valence-corrected chi connectivity index (χ0v) is 13.8. The fourth-order valence-electron chi connectivity index (χ4n) is 3.93. The Kier molecular flexibility index (Phi) is 4.22. The minimum Gasteiger partial charge on any atom is -0.342 e. The van der Waals surface area contributed by atoms with E-state index in [9.17, 15) is 9.18 Å². The van der Waals surface area contributed by atoms with Crippen molar-refractivity contribution in [1.82, 2.24) is 19.8 Å². The second-order valence-electron chi connectivity index (χ2n) is 6.86. The Morgan fingerprint density at radius 2 is 2.08 bits per heavy atom. The van der Waals surface area contributed by atoms with E-state index in [2.05, 4.69) is 19.8 Å². The number of fused-ring (bicyclic) bond motifs is 1. The highest BCUT2D eigenvalue weighted by Gasteiger charge is 2.30. The first-order valence-corrected chi connectivity index (χ1v) is 8.85. The molecule has 0 atom stereocenters. The van der Waals surface area contributed by atoms with E-state index in [1.807, 2.05) is 0 Å². The zero-order valence-electron chi connectivity index (χ0n) is 13.8. The number of hydrogen-bond acceptors (Lipinski definition) is 3. The summed E-state index contributed by atoms with van der Waals surface area (Å²) in [5.74, 6) is 1.01. The van der Waals surface area contributed by atoms with Crippen LogP contribution in [0.4, 0.5) is 4.39 Å². The second kappa shape index (κ2) is 6.51. The molecule has 24 heavy (non-hydrogen) atoms. The zero-order chi connectivity index (χ0) is 16.5. The predicted octanol–water partition coefficient (Wildman–Crippen LogP) is 2.33. The molecule has 0 aliphatic carbocycles. The van der Waals surface area contributed by atoms with Crippen LogP contribution in [0.25, 0.3) is 11.0 Å². The molecule has 0 saturated carbocycles. The molecule has 0 spiro atoms. The minimum atomic E-state index is -0.240. The number of nitrogens with zero attached hydrogens (tertiary/aromatic N) is 3. The Morgan fingerprint density at radius 3 is 2.83 bits per heavy atom. The van der Waals surface area contributed by atoms with E-state index in [0.29, 0.717) is 11.9 Å². The molecule has 4 rings (SSSR count). The van der Waals surface area contributed by atoms with Crippen molar-refractivity contribution in [3.8, 4) is 0 Å². The first-order valence-electron chi connectivity index (χ1n) is 8.85. The Labute approximate surface area is 140 Å². The number of aromatic amines is 1. The van der Waals surface area contributed by atoms with Gasteiger partial charge >= 0.3 is 0 Å². The molecule has 0 unspecified atom stereocenters. The molecule has 3 heterocycles. The fraction of sp³-hybridized carbons (Fsp3) is 0.556. The highest BCUT2D eigenvalue weighted by atomic mass is 19.1. The molecule has 2 fully saturated rings. The Bertz CT molecular complexity index is 736. The summed E-state index contributed by atoms with van der Waals surface area (Å²) in [6.07, 6.45) is 4.72. The normalized spacial score (nSPS) is 20.4. The lowest BCUT2D eigenvalue weighted by Crippen LogP contribution is -2.45. The number of carbonyl (C=O) groups excluding carboxylic acids is 1. The van der Waals surface area contributed by atoms with Crippen molar-refractivity contribution in [2.24, 2.45) is 0 Å². The molecular formula is C18H23FN4O. The van der Waals surface area contributed by atoms with Crippen LogP contribution < -0.4 is 0 Å². The van der Waals surface area contributed by atoms with Gasteiger partial charge in [-0.2, -0.15) is 0 Å². The lowest BCUT2D eigenvalue weighted by molar-refractivity contribution is -0.130. The molecule has 5 nitrogen and oxygen atoms in total. The number of aromatic nitrogens is 2. The lowest BCUT2D eigenvalue weighted by atomic mass is 10.0. The van der Waals surface area contributed by atoms with E-state index < -0.39 is 0 Å². The van der Waals surface area contributed by atoms with Crippen LogP contribution in [0.5, 0.6) is 0 Å². The number of H-pyrrole nitrogens is 1. The molecule has 1 N–H and O–H groups in total. The highest BCUT2D eigenvalue weighted by Crippen LogP contribution is 2.22. The maximum Gasteiger partial charge on any atom is 0.222 e. The van der Waals surface area contributed by atoms with Crippen LogP contribution in [0.2, 0.25) is 0 Å². The third-order valence-electron chi connectivity index (χ3n) is 5.27. The van der Waals surface area contributed by atoms with Gasteiger partial charge in [0, 0.05) is 45.1 Å². The Hall–Kier alpha value is -1.95. The number of hydrogen-bond donors (Lipinski definition) is 1. The maximum absolute atomic E-state index is 13.2. The smallest absolute Gasteiger partial charge is 0.222 e. The molecule has 1 aromatic heterocycles. The first kappa shape index (κ1) is 15.6. The van der Waals surface area contributed by atoms with Gasteiger partial charge < -0.3 is 14.8 Å². The Balaban J connectivity index is 1.29. The summed E-state index contributed by atoms with van der Waals surface area (Å²) < 4.78 is 13.2. The van der Waals surface area contributed by atoms with E-state index in [0.717, 1.165) is 75.1 Å². The van der Waals surface area contributed by atoms with E-state index >= 15 is 0 Å². The molecule has 1 aromatic carbocycles. The van der Waals surface area contributed by atoms with Crippen LogP contribution in [-0.4, -0.2) is 57.9 Å². The minimum absolute atomic E-state index is 0.240. The van der Waals surface area contributed by atoms with Gasteiger partial charge in [0.2, 0.25) is 5.91 Å². The van der Waals surface area contributed by atoms with Crippen LogP contribution in [0.3, 0.4) is 0 Å². The van der Waals surface area contributed by atoms with Gasteiger partial charge in [0.1, 0.15) is 11.6 Å². The molecule has 1 amide bonds. The van der Waals surface area contributed by atoms with Gasteiger partial charge in [-0.25, -0.2) is 9.37 Å². The van der Waals surface area contributed by atoms with E-state index in [1.54, 1.807) is 6.07 Å². The van der Waals surface area contributed by atoms with Crippen molar-refractivity contribution in [1.29, 1.82) is 0 Å². The first-order chi connectivity index (χ1) is 11.7. The van der Waals surface area contributed by atoms with Gasteiger partial charge in [0.25, 0.3) is 0 Å². The third kappa shape index (κ3) is 3.15. The van der Waals surface area contributed by atoms with E-state index in [-0.39, 0.29) is 5.82 Å². The average molecular weight is 330 g/mol. The van der Waals surface area contributed by atoms with Crippen molar-refractivity contribution < 1.29 is 9.18 Å². The van der Waals surface area contributed by atoms with Gasteiger partial charge in [0.15, 0.2) is 0 Å². The quantitative estimate of drug-likeness (QED) is 0.936. The number of nitrogens with one attached hydrogen (secondary N) is 1. The molecule has 128 valence electrons. The van der Waals surface area contributed by atoms with E-state index in [1.165, 1.54) is 12.1 Å². The van der Waals surface area contributed by atoms with Crippen LogP contribution in [0.15, 0.2) is 18.2 Å². The van der Waals surface area contributed by atoms with Gasteiger partial charge in [0.05, 0.1) is 11.0 Å². The predicted molar refractivity (Wildman–Crippen MR) is 90.2 cm³/mol. The van der Waals surface area contributed by atoms with Crippen LogP contribution >= 0.6 is 0 Å². The van der Waals surface area contributed by atoms with Gasteiger partial charge in [-0.1, -0.05) is 0 Å². The number of likely N-dealkylation sites (tertiary alicyclic amines) is 2. The molecule has 2 aliphatic heterocycles. The van der Waals surface area contributed by atoms with Gasteiger partial charge in [-0.15, -0.1) is 0 Å². The Morgan fingerprint density at radius 1 is 1.25 bits per heavy atom. The second-order valence-corrected chi connectivity index (χ2v) is 6.86. The largest absolute Gasteiger partial charge is 0.342 e. The van der Waals surface area contributed by atoms with Gasteiger partial charge in [-0.05, 0) is 37.5 Å². The number of piperidine rings is 1. The van der Waals surface area contributed by atoms with Crippen LogP contribution in [-0.2, 0) is 11.2 Å². The van der Waals surface area contributed by atoms with Crippen molar-refractivity contribution in [2.45, 2.75) is 38.1 Å². The number of rotatable bonds is 4. The average Bonchev–Trinajstić information content (AvgIpc) is 3.19. The molecule has 0 bridgehead atoms. The molecule has 2 aliphatic rings. The number of carbonyl (C=O) groups is 1. The van der Waals surface area contributed by atoms with Crippen molar-refractivity contribution >= 4 is 16.9 Å². The monoisotopic (exact) mass is 330 g/mol. The van der Waals surface area contributed by atoms with Crippen molar-refractivity contribution in [3.05, 3.63) is 29.8 Å². The number of halogens is 1. The summed E-state index contributed by atoms with van der Waals surface area (Å²) in [6.45, 7) is 3.95. The SMILES string of the molecule is O=C1CCCN1C1CCN(CCc2nc3ccc(F)cc3[nH]2)CC1. The topological polar surface area (TPSA) is 52.2 Å². The fourth-order valence-corrected chi connectivity index (χ4v) is 3.93. The summed E-state index contributed by atoms with van der Waals surface area (Å²) >= 11 is 0. The number of imidazole rings is 1. The molecule has 6 heteroatoms. The van der Waals surface area contributed by atoms with Gasteiger partial charge in [-0.3, -0.25) is 4.79 Å². The number of amides is 1. The van der Waals surface area contributed by atoms with Crippen molar-refractivity contribution in [3.63, 3.8) is 0 Å². The van der Waals surface area contributed by atoms with Crippen molar-refractivity contribution in [2.75, 3.05) is 26.2 Å². The van der Waals surface area contributed by atoms with E-state index in [4.69, 9.17) is 0 Å². The summed E-state index contributed by atoms with van der Waals surface area (Å²) in [6, 6.07) is 5.08. The summed E-state index contributed by atoms with van der Waals surface area (Å²) in [7, 11) is 0. The van der Waals surface area contributed by atoms with Crippen LogP contribution in [0, 0.1) is 5.82 Å². The molecular weight excluding hydrogens is 307 g/mol. The molecule has 2 aromatic rings. The summed E-state index contributed by atoms with van der Waals surface area (Å²) in [5.41, 5.74) is 1.58. The van der Waals surface area contributed by atoms with Crippen LogP contribution in [0.1, 0.15) is 31.5 Å². The summed E-state index contributed by atoms with van der Waals surface area (Å²) in [4.78, 5) is 24.1. The highest BCUT2D eigenvalue weighted by molar-refractivity contribution is 5.78.